The third kappa shape index (κ3) is 3.37. The summed E-state index contributed by atoms with van der Waals surface area (Å²) in [6.45, 7) is 1.37. The van der Waals surface area contributed by atoms with Gasteiger partial charge in [-0.25, -0.2) is 0 Å². The van der Waals surface area contributed by atoms with Crippen LogP contribution in [0.4, 0.5) is 4.39 Å². The first-order valence-corrected chi connectivity index (χ1v) is 7.57. The van der Waals surface area contributed by atoms with Crippen molar-refractivity contribution < 1.29 is 4.39 Å². The second kappa shape index (κ2) is 6.20. The fourth-order valence-corrected chi connectivity index (χ4v) is 2.88. The Kier molecular flexibility index (Phi) is 4.13. The summed E-state index contributed by atoms with van der Waals surface area (Å²) in [5.74, 6) is 0. The summed E-state index contributed by atoms with van der Waals surface area (Å²) in [6.07, 6.45) is 0. The van der Waals surface area contributed by atoms with Gasteiger partial charge < -0.3 is 5.32 Å². The zero-order chi connectivity index (χ0) is 14.7. The molecular formula is C16H16FN3S. The highest BCUT2D eigenvalue weighted by molar-refractivity contribution is 7.10. The van der Waals surface area contributed by atoms with Crippen molar-refractivity contribution in [3.05, 3.63) is 64.2 Å². The zero-order valence-corrected chi connectivity index (χ0v) is 12.5. The molecule has 0 aliphatic heterocycles. The number of hydrogen-bond acceptors (Lipinski definition) is 3. The molecule has 0 unspecified atom stereocenters. The molecule has 0 saturated heterocycles. The molecule has 0 aliphatic rings. The molecule has 1 N–H and O–H groups in total. The molecule has 21 heavy (non-hydrogen) atoms. The fraction of sp³-hybridized carbons (Fsp3) is 0.188. The SMILES string of the molecule is Cn1nc(-c2ccccc2)cc1CNCc1ccc(F)s1. The van der Waals surface area contributed by atoms with Gasteiger partial charge in [0.05, 0.1) is 11.4 Å². The topological polar surface area (TPSA) is 29.9 Å². The Hall–Kier alpha value is -1.98. The molecule has 0 bridgehead atoms. The second-order valence-electron chi connectivity index (χ2n) is 4.82. The molecule has 3 nitrogen and oxygen atoms in total. The Bertz CT molecular complexity index is 718. The smallest absolute Gasteiger partial charge is 0.176 e. The van der Waals surface area contributed by atoms with Crippen LogP contribution in [0.2, 0.25) is 0 Å². The van der Waals surface area contributed by atoms with Gasteiger partial charge in [0.1, 0.15) is 0 Å². The first-order chi connectivity index (χ1) is 10.2. The molecule has 3 rings (SSSR count). The molecule has 0 amide bonds. The van der Waals surface area contributed by atoms with Crippen molar-refractivity contribution in [1.29, 1.82) is 0 Å². The van der Waals surface area contributed by atoms with Crippen LogP contribution in [0.25, 0.3) is 11.3 Å². The van der Waals surface area contributed by atoms with Crippen LogP contribution in [0, 0.1) is 5.13 Å². The van der Waals surface area contributed by atoms with Gasteiger partial charge in [0.15, 0.2) is 5.13 Å². The van der Waals surface area contributed by atoms with Gasteiger partial charge in [0.2, 0.25) is 0 Å². The van der Waals surface area contributed by atoms with E-state index in [1.807, 2.05) is 48.1 Å². The van der Waals surface area contributed by atoms with Crippen LogP contribution >= 0.6 is 11.3 Å². The molecule has 5 heteroatoms. The molecule has 108 valence electrons. The minimum atomic E-state index is -0.140. The Morgan fingerprint density at radius 3 is 2.67 bits per heavy atom. The van der Waals surface area contributed by atoms with E-state index >= 15 is 0 Å². The minimum absolute atomic E-state index is 0.140. The van der Waals surface area contributed by atoms with Crippen LogP contribution in [0.3, 0.4) is 0 Å². The number of aromatic nitrogens is 2. The first kappa shape index (κ1) is 14.0. The van der Waals surface area contributed by atoms with E-state index in [1.54, 1.807) is 0 Å². The maximum Gasteiger partial charge on any atom is 0.176 e. The minimum Gasteiger partial charge on any atom is -0.306 e. The molecule has 0 spiro atoms. The highest BCUT2D eigenvalue weighted by Crippen LogP contribution is 2.18. The standard InChI is InChI=1S/C16H16FN3S/c1-20-13(10-18-11-14-7-8-16(17)21-14)9-15(19-20)12-5-3-2-4-6-12/h2-9,18H,10-11H2,1H3. The predicted molar refractivity (Wildman–Crippen MR) is 83.5 cm³/mol. The Morgan fingerprint density at radius 2 is 1.95 bits per heavy atom. The number of halogens is 1. The number of rotatable bonds is 5. The van der Waals surface area contributed by atoms with Crippen LogP contribution in [-0.2, 0) is 20.1 Å². The predicted octanol–water partition coefficient (Wildman–Crippen LogP) is 3.58. The molecule has 0 radical (unpaired) electrons. The van der Waals surface area contributed by atoms with Gasteiger partial charge >= 0.3 is 0 Å². The zero-order valence-electron chi connectivity index (χ0n) is 11.7. The Morgan fingerprint density at radius 1 is 1.14 bits per heavy atom. The molecule has 0 saturated carbocycles. The normalized spacial score (nSPS) is 11.0. The lowest BCUT2D eigenvalue weighted by atomic mass is 10.1. The number of nitrogens with zero attached hydrogens (tertiary/aromatic N) is 2. The lowest BCUT2D eigenvalue weighted by molar-refractivity contribution is 0.630. The average Bonchev–Trinajstić information content (AvgIpc) is 3.07. The van der Waals surface area contributed by atoms with E-state index in [4.69, 9.17) is 0 Å². The Labute approximate surface area is 127 Å². The van der Waals surface area contributed by atoms with Gasteiger partial charge in [-0.05, 0) is 18.2 Å². The number of benzene rings is 1. The van der Waals surface area contributed by atoms with Gasteiger partial charge in [-0.15, -0.1) is 11.3 Å². The van der Waals surface area contributed by atoms with Crippen LogP contribution < -0.4 is 5.32 Å². The summed E-state index contributed by atoms with van der Waals surface area (Å²) in [4.78, 5) is 0.998. The summed E-state index contributed by atoms with van der Waals surface area (Å²) in [6, 6.07) is 15.5. The van der Waals surface area contributed by atoms with E-state index in [0.29, 0.717) is 13.1 Å². The quantitative estimate of drug-likeness (QED) is 0.780. The maximum absolute atomic E-state index is 12.9. The van der Waals surface area contributed by atoms with Gasteiger partial charge in [0, 0.05) is 30.6 Å². The number of thiophene rings is 1. The van der Waals surface area contributed by atoms with Gasteiger partial charge in [-0.3, -0.25) is 4.68 Å². The maximum atomic E-state index is 12.9. The van der Waals surface area contributed by atoms with Crippen molar-refractivity contribution in [2.24, 2.45) is 7.05 Å². The first-order valence-electron chi connectivity index (χ1n) is 6.75. The van der Waals surface area contributed by atoms with E-state index in [-0.39, 0.29) is 5.13 Å². The molecule has 2 aromatic heterocycles. The largest absolute Gasteiger partial charge is 0.306 e. The van der Waals surface area contributed by atoms with Crippen molar-refractivity contribution in [1.82, 2.24) is 15.1 Å². The van der Waals surface area contributed by atoms with Crippen molar-refractivity contribution in [3.8, 4) is 11.3 Å². The van der Waals surface area contributed by atoms with E-state index in [2.05, 4.69) is 16.5 Å². The van der Waals surface area contributed by atoms with Crippen LogP contribution in [0.15, 0.2) is 48.5 Å². The number of nitrogens with one attached hydrogen (secondary N) is 1. The van der Waals surface area contributed by atoms with Crippen molar-refractivity contribution in [3.63, 3.8) is 0 Å². The fourth-order valence-electron chi connectivity index (χ4n) is 2.18. The summed E-state index contributed by atoms with van der Waals surface area (Å²) < 4.78 is 14.8. The summed E-state index contributed by atoms with van der Waals surface area (Å²) in [7, 11) is 1.94. The van der Waals surface area contributed by atoms with Crippen LogP contribution in [0.5, 0.6) is 0 Å². The van der Waals surface area contributed by atoms with Gasteiger partial charge in [-0.1, -0.05) is 30.3 Å². The van der Waals surface area contributed by atoms with Gasteiger partial charge in [-0.2, -0.15) is 9.49 Å². The van der Waals surface area contributed by atoms with Crippen LogP contribution in [0.1, 0.15) is 10.6 Å². The van der Waals surface area contributed by atoms with Crippen molar-refractivity contribution >= 4 is 11.3 Å². The van der Waals surface area contributed by atoms with Crippen molar-refractivity contribution in [2.45, 2.75) is 13.1 Å². The number of hydrogen-bond donors (Lipinski definition) is 1. The molecule has 0 aliphatic carbocycles. The Balaban J connectivity index is 1.65. The highest BCUT2D eigenvalue weighted by Gasteiger charge is 2.07. The number of aryl methyl sites for hydroxylation is 1. The van der Waals surface area contributed by atoms with Gasteiger partial charge in [0.25, 0.3) is 0 Å². The average molecular weight is 301 g/mol. The van der Waals surface area contributed by atoms with E-state index in [0.717, 1.165) is 21.8 Å². The molecule has 0 atom stereocenters. The van der Waals surface area contributed by atoms with Crippen molar-refractivity contribution in [2.75, 3.05) is 0 Å². The third-order valence-corrected chi connectivity index (χ3v) is 4.15. The van der Waals surface area contributed by atoms with E-state index in [1.165, 1.54) is 17.4 Å². The van der Waals surface area contributed by atoms with E-state index in [9.17, 15) is 4.39 Å². The molecule has 2 heterocycles. The second-order valence-corrected chi connectivity index (χ2v) is 5.94. The molecular weight excluding hydrogens is 285 g/mol. The summed E-state index contributed by atoms with van der Waals surface area (Å²) in [5, 5.41) is 7.71. The lowest BCUT2D eigenvalue weighted by Gasteiger charge is -2.03. The highest BCUT2D eigenvalue weighted by atomic mass is 32.1. The monoisotopic (exact) mass is 301 g/mol. The molecule has 0 fully saturated rings. The van der Waals surface area contributed by atoms with E-state index < -0.39 is 0 Å². The molecule has 1 aromatic carbocycles. The summed E-state index contributed by atoms with van der Waals surface area (Å²) in [5.41, 5.74) is 3.18. The molecule has 3 aromatic rings. The third-order valence-electron chi connectivity index (χ3n) is 3.28. The van der Waals surface area contributed by atoms with Crippen LogP contribution in [-0.4, -0.2) is 9.78 Å². The summed E-state index contributed by atoms with van der Waals surface area (Å²) >= 11 is 1.18. The lowest BCUT2D eigenvalue weighted by Crippen LogP contribution is -2.14.